The molecule has 1 N–H and O–H groups in total. The summed E-state index contributed by atoms with van der Waals surface area (Å²) < 4.78 is 5.44. The fourth-order valence-corrected chi connectivity index (χ4v) is 2.79. The molecule has 2 aliphatic rings. The Hall–Kier alpha value is -1.59. The fraction of sp³-hybridized carbons (Fsp3) is 0.786. The van der Waals surface area contributed by atoms with Gasteiger partial charge >= 0.3 is 12.0 Å². The summed E-state index contributed by atoms with van der Waals surface area (Å²) in [6, 6.07) is -0.371. The Morgan fingerprint density at radius 1 is 1.40 bits per heavy atom. The highest BCUT2D eigenvalue weighted by Gasteiger charge is 2.28. The van der Waals surface area contributed by atoms with Gasteiger partial charge in [-0.2, -0.15) is 0 Å². The predicted octanol–water partition coefficient (Wildman–Crippen LogP) is 1.44. The first-order chi connectivity index (χ1) is 9.56. The molecule has 1 aliphatic heterocycles. The second kappa shape index (κ2) is 6.72. The Labute approximate surface area is 118 Å². The number of nitrogens with one attached hydrogen (secondary N) is 1. The molecule has 0 aromatic heterocycles. The zero-order valence-electron chi connectivity index (χ0n) is 11.9. The minimum Gasteiger partial charge on any atom is -0.462 e. The number of esters is 1. The number of urea groups is 1. The van der Waals surface area contributed by atoms with Crippen molar-refractivity contribution in [1.29, 1.82) is 0 Å². The standard InChI is InChI=1S/C14H22N2O4/c1-10-4-2-5-11(8-10)20-13(18)6-3-7-16-12(17)9-15-14(16)19/h10-11H,2-9H2,1H3,(H,15,19)/t10-,11+/m0/s1. The van der Waals surface area contributed by atoms with Gasteiger partial charge in [-0.15, -0.1) is 0 Å². The molecule has 1 aliphatic carbocycles. The Balaban J connectivity index is 1.65. The highest BCUT2D eigenvalue weighted by atomic mass is 16.5. The van der Waals surface area contributed by atoms with Gasteiger partial charge in [-0.25, -0.2) is 4.79 Å². The lowest BCUT2D eigenvalue weighted by atomic mass is 9.89. The lowest BCUT2D eigenvalue weighted by molar-refractivity contribution is -0.151. The number of carbonyl (C=O) groups excluding carboxylic acids is 3. The normalized spacial score (nSPS) is 26.6. The summed E-state index contributed by atoms with van der Waals surface area (Å²) in [5, 5.41) is 2.45. The molecule has 3 amide bonds. The molecule has 0 radical (unpaired) electrons. The van der Waals surface area contributed by atoms with Gasteiger partial charge < -0.3 is 10.1 Å². The van der Waals surface area contributed by atoms with E-state index in [1.165, 1.54) is 6.42 Å². The van der Waals surface area contributed by atoms with Gasteiger partial charge in [-0.05, 0) is 31.6 Å². The van der Waals surface area contributed by atoms with Gasteiger partial charge in [-0.1, -0.05) is 13.3 Å². The molecule has 0 unspecified atom stereocenters. The molecule has 2 rings (SSSR count). The van der Waals surface area contributed by atoms with Crippen molar-refractivity contribution < 1.29 is 19.1 Å². The summed E-state index contributed by atoms with van der Waals surface area (Å²) in [4.78, 5) is 35.5. The maximum atomic E-state index is 11.7. The van der Waals surface area contributed by atoms with E-state index in [9.17, 15) is 14.4 Å². The molecule has 6 nitrogen and oxygen atoms in total. The van der Waals surface area contributed by atoms with E-state index in [-0.39, 0.29) is 43.5 Å². The summed E-state index contributed by atoms with van der Waals surface area (Å²) in [5.74, 6) is 0.160. The van der Waals surface area contributed by atoms with Gasteiger partial charge in [0, 0.05) is 13.0 Å². The minimum absolute atomic E-state index is 0.0444. The molecule has 0 aromatic carbocycles. The molecule has 0 spiro atoms. The van der Waals surface area contributed by atoms with Crippen LogP contribution in [-0.2, 0) is 14.3 Å². The fourth-order valence-electron chi connectivity index (χ4n) is 2.79. The van der Waals surface area contributed by atoms with Crippen LogP contribution in [0.3, 0.4) is 0 Å². The number of carbonyl (C=O) groups is 3. The van der Waals surface area contributed by atoms with E-state index in [4.69, 9.17) is 4.74 Å². The van der Waals surface area contributed by atoms with E-state index in [1.54, 1.807) is 0 Å². The predicted molar refractivity (Wildman–Crippen MR) is 71.9 cm³/mol. The van der Waals surface area contributed by atoms with Gasteiger partial charge in [0.25, 0.3) is 0 Å². The minimum atomic E-state index is -0.371. The lowest BCUT2D eigenvalue weighted by Gasteiger charge is -2.26. The van der Waals surface area contributed by atoms with E-state index >= 15 is 0 Å². The van der Waals surface area contributed by atoms with Crippen molar-refractivity contribution in [2.24, 2.45) is 5.92 Å². The van der Waals surface area contributed by atoms with Crippen molar-refractivity contribution in [3.63, 3.8) is 0 Å². The average molecular weight is 282 g/mol. The molecule has 2 atom stereocenters. The first-order valence-electron chi connectivity index (χ1n) is 7.34. The Kier molecular flexibility index (Phi) is 4.98. The third-order valence-corrected chi connectivity index (χ3v) is 3.89. The molecule has 6 heteroatoms. The van der Waals surface area contributed by atoms with Crippen molar-refractivity contribution in [3.8, 4) is 0 Å². The number of imide groups is 1. The number of hydrogen-bond acceptors (Lipinski definition) is 4. The summed E-state index contributed by atoms with van der Waals surface area (Å²) in [7, 11) is 0. The van der Waals surface area contributed by atoms with Gasteiger partial charge in [0.05, 0.1) is 6.54 Å². The van der Waals surface area contributed by atoms with E-state index < -0.39 is 0 Å². The molecule has 0 aromatic rings. The molecular weight excluding hydrogens is 260 g/mol. The van der Waals surface area contributed by atoms with Crippen LogP contribution in [0.15, 0.2) is 0 Å². The van der Waals surface area contributed by atoms with Crippen molar-refractivity contribution >= 4 is 17.9 Å². The monoisotopic (exact) mass is 282 g/mol. The van der Waals surface area contributed by atoms with Crippen molar-refractivity contribution in [3.05, 3.63) is 0 Å². The van der Waals surface area contributed by atoms with Crippen molar-refractivity contribution in [2.75, 3.05) is 13.1 Å². The highest BCUT2D eigenvalue weighted by Crippen LogP contribution is 2.26. The van der Waals surface area contributed by atoms with Gasteiger partial charge in [0.2, 0.25) is 5.91 Å². The Morgan fingerprint density at radius 3 is 2.85 bits per heavy atom. The van der Waals surface area contributed by atoms with Crippen LogP contribution in [-0.4, -0.2) is 42.0 Å². The number of rotatable bonds is 5. The maximum Gasteiger partial charge on any atom is 0.324 e. The quantitative estimate of drug-likeness (QED) is 0.611. The van der Waals surface area contributed by atoms with Crippen LogP contribution in [0.1, 0.15) is 45.4 Å². The van der Waals surface area contributed by atoms with E-state index in [1.807, 2.05) is 0 Å². The van der Waals surface area contributed by atoms with Crippen molar-refractivity contribution in [2.45, 2.75) is 51.6 Å². The number of amides is 3. The number of hydrogen-bond donors (Lipinski definition) is 1. The van der Waals surface area contributed by atoms with Crippen LogP contribution in [0.25, 0.3) is 0 Å². The second-order valence-electron chi connectivity index (χ2n) is 5.69. The molecule has 1 heterocycles. The zero-order valence-corrected chi connectivity index (χ0v) is 11.9. The summed E-state index contributed by atoms with van der Waals surface area (Å²) in [6.45, 7) is 2.52. The molecule has 1 saturated carbocycles. The van der Waals surface area contributed by atoms with Crippen LogP contribution >= 0.6 is 0 Å². The van der Waals surface area contributed by atoms with E-state index in [0.717, 1.165) is 24.2 Å². The number of nitrogens with zero attached hydrogens (tertiary/aromatic N) is 1. The Morgan fingerprint density at radius 2 is 2.20 bits per heavy atom. The topological polar surface area (TPSA) is 75.7 Å². The van der Waals surface area contributed by atoms with E-state index in [0.29, 0.717) is 12.3 Å². The molecule has 1 saturated heterocycles. The largest absolute Gasteiger partial charge is 0.462 e. The molecule has 0 bridgehead atoms. The summed E-state index contributed by atoms with van der Waals surface area (Å²) >= 11 is 0. The number of ether oxygens (including phenoxy) is 1. The van der Waals surface area contributed by atoms with Crippen LogP contribution in [0.2, 0.25) is 0 Å². The highest BCUT2D eigenvalue weighted by molar-refractivity contribution is 6.01. The first kappa shape index (κ1) is 14.8. The first-order valence-corrected chi connectivity index (χ1v) is 7.34. The molecular formula is C14H22N2O4. The van der Waals surface area contributed by atoms with Crippen LogP contribution in [0.4, 0.5) is 4.79 Å². The molecule has 112 valence electrons. The van der Waals surface area contributed by atoms with Crippen molar-refractivity contribution in [1.82, 2.24) is 10.2 Å². The third kappa shape index (κ3) is 3.95. The Bertz CT molecular complexity index is 381. The van der Waals surface area contributed by atoms with Gasteiger partial charge in [0.1, 0.15) is 6.10 Å². The van der Waals surface area contributed by atoms with E-state index in [2.05, 4.69) is 12.2 Å². The SMILES string of the molecule is C[C@H]1CCC[C@@H](OC(=O)CCCN2C(=O)CNC2=O)C1. The third-order valence-electron chi connectivity index (χ3n) is 3.89. The maximum absolute atomic E-state index is 11.7. The van der Waals surface area contributed by atoms with Gasteiger partial charge in [-0.3, -0.25) is 14.5 Å². The second-order valence-corrected chi connectivity index (χ2v) is 5.69. The average Bonchev–Trinajstić information content (AvgIpc) is 2.70. The smallest absolute Gasteiger partial charge is 0.324 e. The zero-order chi connectivity index (χ0) is 14.5. The summed E-state index contributed by atoms with van der Waals surface area (Å²) in [6.07, 6.45) is 4.97. The van der Waals surface area contributed by atoms with Crippen LogP contribution in [0, 0.1) is 5.92 Å². The summed E-state index contributed by atoms with van der Waals surface area (Å²) in [5.41, 5.74) is 0. The lowest BCUT2D eigenvalue weighted by Crippen LogP contribution is -2.32. The molecule has 2 fully saturated rings. The van der Waals surface area contributed by atoms with Crippen LogP contribution in [0.5, 0.6) is 0 Å². The van der Waals surface area contributed by atoms with Gasteiger partial charge in [0.15, 0.2) is 0 Å². The molecule has 20 heavy (non-hydrogen) atoms. The van der Waals surface area contributed by atoms with Crippen LogP contribution < -0.4 is 5.32 Å².